The van der Waals surface area contributed by atoms with Gasteiger partial charge in [0.2, 0.25) is 0 Å². The van der Waals surface area contributed by atoms with Gasteiger partial charge in [-0.15, -0.1) is 11.3 Å². The first-order valence-electron chi connectivity index (χ1n) is 5.29. The first-order valence-corrected chi connectivity index (χ1v) is 6.17. The highest BCUT2D eigenvalue weighted by molar-refractivity contribution is 7.10. The summed E-state index contributed by atoms with van der Waals surface area (Å²) in [4.78, 5) is 0.694. The number of aliphatic hydroxyl groups excluding tert-OH is 1. The largest absolute Gasteiger partial charge is 0.414 e. The van der Waals surface area contributed by atoms with Gasteiger partial charge < -0.3 is 9.84 Å². The second-order valence-electron chi connectivity index (χ2n) is 3.57. The monoisotopic (exact) mass is 278 g/mol. The molecule has 100 valence electrons. The van der Waals surface area contributed by atoms with E-state index in [2.05, 4.69) is 11.8 Å². The molecule has 1 rings (SSSR count). The van der Waals surface area contributed by atoms with Crippen molar-refractivity contribution in [3.8, 4) is 11.8 Å². The fourth-order valence-electron chi connectivity index (χ4n) is 1.04. The van der Waals surface area contributed by atoms with Gasteiger partial charge in [-0.3, -0.25) is 0 Å². The second-order valence-corrected chi connectivity index (χ2v) is 4.57. The van der Waals surface area contributed by atoms with Gasteiger partial charge in [0.1, 0.15) is 0 Å². The summed E-state index contributed by atoms with van der Waals surface area (Å²) in [5.41, 5.74) is 0.728. The lowest BCUT2D eigenvalue weighted by Gasteiger charge is -2.15. The zero-order valence-electron chi connectivity index (χ0n) is 9.75. The standard InChI is InChI=1S/C12H13F3O2S/c1-9(12(13,14)15)17-7-11-6-10(8-18-11)4-2-3-5-16/h6,8-9,16H,3,5,7H2,1H3. The third-order valence-electron chi connectivity index (χ3n) is 2.06. The maximum atomic E-state index is 12.2. The van der Waals surface area contributed by atoms with Crippen LogP contribution < -0.4 is 0 Å². The van der Waals surface area contributed by atoms with E-state index in [0.717, 1.165) is 12.5 Å². The molecule has 0 aliphatic carbocycles. The Hall–Kier alpha value is -1.03. The maximum absolute atomic E-state index is 12.2. The molecule has 0 aliphatic rings. The van der Waals surface area contributed by atoms with Crippen LogP contribution in [-0.4, -0.2) is 24.0 Å². The molecule has 1 heterocycles. The molecule has 1 aromatic rings. The highest BCUT2D eigenvalue weighted by Crippen LogP contribution is 2.24. The number of hydrogen-bond acceptors (Lipinski definition) is 3. The average Bonchev–Trinajstić information content (AvgIpc) is 2.73. The third kappa shape index (κ3) is 5.08. The van der Waals surface area contributed by atoms with Gasteiger partial charge in [0, 0.05) is 22.2 Å². The van der Waals surface area contributed by atoms with Crippen LogP contribution in [0.4, 0.5) is 13.2 Å². The zero-order valence-corrected chi connectivity index (χ0v) is 10.6. The molecule has 0 saturated carbocycles. The van der Waals surface area contributed by atoms with Crippen LogP contribution in [0.5, 0.6) is 0 Å². The summed E-state index contributed by atoms with van der Waals surface area (Å²) >= 11 is 1.30. The van der Waals surface area contributed by atoms with Gasteiger partial charge in [-0.25, -0.2) is 0 Å². The van der Waals surface area contributed by atoms with Crippen LogP contribution >= 0.6 is 11.3 Å². The highest BCUT2D eigenvalue weighted by atomic mass is 32.1. The smallest absolute Gasteiger partial charge is 0.395 e. The molecule has 1 atom stereocenters. The van der Waals surface area contributed by atoms with Crippen molar-refractivity contribution in [2.75, 3.05) is 6.61 Å². The predicted octanol–water partition coefficient (Wildman–Crippen LogP) is 2.95. The molecule has 18 heavy (non-hydrogen) atoms. The summed E-state index contributed by atoms with van der Waals surface area (Å²) in [7, 11) is 0. The van der Waals surface area contributed by atoms with Crippen molar-refractivity contribution < 1.29 is 23.0 Å². The van der Waals surface area contributed by atoms with Gasteiger partial charge in [-0.1, -0.05) is 11.8 Å². The van der Waals surface area contributed by atoms with Crippen molar-refractivity contribution in [2.24, 2.45) is 0 Å². The van der Waals surface area contributed by atoms with E-state index < -0.39 is 12.3 Å². The Morgan fingerprint density at radius 3 is 2.83 bits per heavy atom. The van der Waals surface area contributed by atoms with Crippen molar-refractivity contribution >= 4 is 11.3 Å². The van der Waals surface area contributed by atoms with E-state index >= 15 is 0 Å². The number of hydrogen-bond donors (Lipinski definition) is 1. The number of thiophene rings is 1. The molecule has 0 aromatic carbocycles. The molecule has 6 heteroatoms. The predicted molar refractivity (Wildman–Crippen MR) is 63.2 cm³/mol. The zero-order chi connectivity index (χ0) is 13.6. The van der Waals surface area contributed by atoms with E-state index in [9.17, 15) is 13.2 Å². The molecule has 0 aliphatic heterocycles. The Balaban J connectivity index is 2.48. The fraction of sp³-hybridized carbons (Fsp3) is 0.500. The Kier molecular flexibility index (Phi) is 5.66. The van der Waals surface area contributed by atoms with Gasteiger partial charge in [0.15, 0.2) is 6.10 Å². The minimum atomic E-state index is -4.33. The summed E-state index contributed by atoms with van der Waals surface area (Å²) in [6, 6.07) is 1.69. The van der Waals surface area contributed by atoms with E-state index in [-0.39, 0.29) is 13.2 Å². The lowest BCUT2D eigenvalue weighted by atomic mass is 10.3. The molecule has 0 radical (unpaired) electrons. The van der Waals surface area contributed by atoms with Crippen LogP contribution in [0.25, 0.3) is 0 Å². The minimum absolute atomic E-state index is 0.00377. The lowest BCUT2D eigenvalue weighted by Crippen LogP contribution is -2.28. The van der Waals surface area contributed by atoms with E-state index in [1.165, 1.54) is 11.3 Å². The van der Waals surface area contributed by atoms with Gasteiger partial charge in [-0.05, 0) is 13.0 Å². The molecule has 0 spiro atoms. The van der Waals surface area contributed by atoms with Crippen molar-refractivity contribution in [1.29, 1.82) is 0 Å². The lowest BCUT2D eigenvalue weighted by molar-refractivity contribution is -0.217. The molecule has 0 saturated heterocycles. The topological polar surface area (TPSA) is 29.5 Å². The number of ether oxygens (including phenoxy) is 1. The SMILES string of the molecule is CC(OCc1cc(C#CCCO)cs1)C(F)(F)F. The molecule has 0 bridgehead atoms. The Morgan fingerprint density at radius 2 is 2.22 bits per heavy atom. The van der Waals surface area contributed by atoms with Gasteiger partial charge in [0.05, 0.1) is 13.2 Å². The van der Waals surface area contributed by atoms with Crippen LogP contribution in [0, 0.1) is 11.8 Å². The summed E-state index contributed by atoms with van der Waals surface area (Å²) in [6.07, 6.45) is -5.73. The number of alkyl halides is 3. The van der Waals surface area contributed by atoms with Crippen LogP contribution in [0.2, 0.25) is 0 Å². The van der Waals surface area contributed by atoms with Crippen molar-refractivity contribution in [1.82, 2.24) is 0 Å². The van der Waals surface area contributed by atoms with E-state index in [4.69, 9.17) is 9.84 Å². The first kappa shape index (κ1) is 15.0. The Bertz CT molecular complexity index is 429. The molecule has 0 amide bonds. The molecule has 2 nitrogen and oxygen atoms in total. The minimum Gasteiger partial charge on any atom is -0.395 e. The molecular formula is C12H13F3O2S. The normalized spacial score (nSPS) is 12.9. The van der Waals surface area contributed by atoms with Crippen LogP contribution in [0.1, 0.15) is 23.8 Å². The van der Waals surface area contributed by atoms with Gasteiger partial charge in [0.25, 0.3) is 0 Å². The molecule has 1 N–H and O–H groups in total. The summed E-state index contributed by atoms with van der Waals surface area (Å²) in [5, 5.41) is 10.3. The molecule has 0 fully saturated rings. The van der Waals surface area contributed by atoms with Crippen molar-refractivity contribution in [2.45, 2.75) is 32.2 Å². The second kappa shape index (κ2) is 6.78. The molecule has 1 unspecified atom stereocenters. The van der Waals surface area contributed by atoms with E-state index in [1.807, 2.05) is 0 Å². The molecular weight excluding hydrogens is 265 g/mol. The Morgan fingerprint density at radius 1 is 1.50 bits per heavy atom. The summed E-state index contributed by atoms with van der Waals surface area (Å²) in [5.74, 6) is 5.55. The number of aliphatic hydroxyl groups is 1. The molecule has 1 aromatic heterocycles. The van der Waals surface area contributed by atoms with Crippen molar-refractivity contribution in [3.05, 3.63) is 21.9 Å². The summed E-state index contributed by atoms with van der Waals surface area (Å²) in [6.45, 7) is 0.902. The third-order valence-corrected chi connectivity index (χ3v) is 2.97. The fourth-order valence-corrected chi connectivity index (χ4v) is 1.78. The first-order chi connectivity index (χ1) is 8.43. The van der Waals surface area contributed by atoms with E-state index in [1.54, 1.807) is 11.4 Å². The number of halogens is 3. The van der Waals surface area contributed by atoms with Gasteiger partial charge >= 0.3 is 6.18 Å². The maximum Gasteiger partial charge on any atom is 0.414 e. The van der Waals surface area contributed by atoms with Crippen LogP contribution in [0.15, 0.2) is 11.4 Å². The van der Waals surface area contributed by atoms with Crippen LogP contribution in [0.3, 0.4) is 0 Å². The number of rotatable bonds is 4. The van der Waals surface area contributed by atoms with Crippen molar-refractivity contribution in [3.63, 3.8) is 0 Å². The van der Waals surface area contributed by atoms with E-state index in [0.29, 0.717) is 11.3 Å². The van der Waals surface area contributed by atoms with Crippen LogP contribution in [-0.2, 0) is 11.3 Å². The summed E-state index contributed by atoms with van der Waals surface area (Å²) < 4.78 is 41.3. The quantitative estimate of drug-likeness (QED) is 0.858. The average molecular weight is 278 g/mol. The highest BCUT2D eigenvalue weighted by Gasteiger charge is 2.36. The Labute approximate surface area is 107 Å². The van der Waals surface area contributed by atoms with Gasteiger partial charge in [-0.2, -0.15) is 13.2 Å².